The van der Waals surface area contributed by atoms with E-state index >= 15 is 0 Å². The molecule has 1 fully saturated rings. The van der Waals surface area contributed by atoms with E-state index < -0.39 is 15.9 Å². The van der Waals surface area contributed by atoms with Crippen LogP contribution >= 0.6 is 0 Å². The number of hydrogen-bond donors (Lipinski definition) is 1. The molecule has 2 amide bonds. The number of nitrogens with one attached hydrogen (secondary N) is 1. The highest BCUT2D eigenvalue weighted by molar-refractivity contribution is 7.91. The average Bonchev–Trinajstić information content (AvgIpc) is 2.51. The van der Waals surface area contributed by atoms with E-state index in [-0.39, 0.29) is 35.7 Å². The summed E-state index contributed by atoms with van der Waals surface area (Å²) >= 11 is 0. The van der Waals surface area contributed by atoms with E-state index in [2.05, 4.69) is 5.32 Å². The number of sulfone groups is 1. The number of nitrogens with zero attached hydrogens (tertiary/aromatic N) is 1. The largest absolute Gasteiger partial charge is 0.344 e. The second kappa shape index (κ2) is 7.06. The normalized spacial score (nSPS) is 21.0. The van der Waals surface area contributed by atoms with Gasteiger partial charge in [0.05, 0.1) is 5.75 Å². The Hall–Kier alpha value is -1.11. The highest BCUT2D eigenvalue weighted by Gasteiger charge is 2.31. The maximum atomic E-state index is 12.3. The van der Waals surface area contributed by atoms with Crippen molar-refractivity contribution in [1.29, 1.82) is 0 Å². The van der Waals surface area contributed by atoms with Crippen molar-refractivity contribution < 1.29 is 18.0 Å². The van der Waals surface area contributed by atoms with Gasteiger partial charge in [0.1, 0.15) is 15.9 Å². The van der Waals surface area contributed by atoms with Crippen molar-refractivity contribution in [3.05, 3.63) is 0 Å². The zero-order chi connectivity index (χ0) is 15.3. The van der Waals surface area contributed by atoms with Gasteiger partial charge in [0.25, 0.3) is 0 Å². The van der Waals surface area contributed by atoms with Crippen molar-refractivity contribution in [3.8, 4) is 0 Å². The topological polar surface area (TPSA) is 83.6 Å². The lowest BCUT2D eigenvalue weighted by atomic mass is 10.0. The lowest BCUT2D eigenvalue weighted by Crippen LogP contribution is -2.48. The van der Waals surface area contributed by atoms with Crippen LogP contribution in [0.2, 0.25) is 0 Å². The van der Waals surface area contributed by atoms with Crippen LogP contribution in [0.5, 0.6) is 0 Å². The number of amides is 2. The Bertz CT molecular complexity index is 459. The molecule has 0 aliphatic carbocycles. The van der Waals surface area contributed by atoms with E-state index in [0.29, 0.717) is 19.5 Å². The first kappa shape index (κ1) is 16.9. The molecule has 1 rings (SSSR count). The Morgan fingerprint density at radius 2 is 2.00 bits per heavy atom. The zero-order valence-corrected chi connectivity index (χ0v) is 13.2. The van der Waals surface area contributed by atoms with Gasteiger partial charge in [0.2, 0.25) is 11.8 Å². The number of carbonyl (C=O) groups is 2. The van der Waals surface area contributed by atoms with Gasteiger partial charge in [0, 0.05) is 25.3 Å². The van der Waals surface area contributed by atoms with Gasteiger partial charge < -0.3 is 10.2 Å². The Balaban J connectivity index is 2.64. The van der Waals surface area contributed by atoms with Crippen LogP contribution in [0.3, 0.4) is 0 Å². The molecule has 1 N–H and O–H groups in total. The first-order chi connectivity index (χ1) is 9.26. The second-order valence-corrected chi connectivity index (χ2v) is 7.93. The standard InChI is InChI=1S/C13H24N2O4S/c1-4-20(18,19)9-5-7-15-8-6-11(16)14-12(10(2)3)13(15)17/h10,12H,4-9H2,1-3H3,(H,14,16). The summed E-state index contributed by atoms with van der Waals surface area (Å²) in [5.74, 6) is -0.0109. The number of hydrogen-bond acceptors (Lipinski definition) is 4. The van der Waals surface area contributed by atoms with E-state index in [4.69, 9.17) is 0 Å². The summed E-state index contributed by atoms with van der Waals surface area (Å²) in [7, 11) is -3.01. The maximum Gasteiger partial charge on any atom is 0.245 e. The molecule has 20 heavy (non-hydrogen) atoms. The van der Waals surface area contributed by atoms with Crippen molar-refractivity contribution in [2.75, 3.05) is 24.6 Å². The molecule has 0 radical (unpaired) electrons. The van der Waals surface area contributed by atoms with Crippen molar-refractivity contribution in [2.24, 2.45) is 5.92 Å². The van der Waals surface area contributed by atoms with Crippen LogP contribution in [0.4, 0.5) is 0 Å². The lowest BCUT2D eigenvalue weighted by Gasteiger charge is -2.26. The molecule has 116 valence electrons. The molecular formula is C13H24N2O4S. The van der Waals surface area contributed by atoms with E-state index in [0.717, 1.165) is 0 Å². The molecule has 0 spiro atoms. The highest BCUT2D eigenvalue weighted by Crippen LogP contribution is 2.11. The fourth-order valence-corrected chi connectivity index (χ4v) is 3.00. The highest BCUT2D eigenvalue weighted by atomic mass is 32.2. The molecule has 1 saturated heterocycles. The van der Waals surface area contributed by atoms with Crippen molar-refractivity contribution in [1.82, 2.24) is 10.2 Å². The monoisotopic (exact) mass is 304 g/mol. The summed E-state index contributed by atoms with van der Waals surface area (Å²) in [6.45, 7) is 6.13. The average molecular weight is 304 g/mol. The summed E-state index contributed by atoms with van der Waals surface area (Å²) in [6.07, 6.45) is 0.691. The SMILES string of the molecule is CCS(=O)(=O)CCCN1CCC(=O)NC(C(C)C)C1=O. The molecule has 0 aromatic carbocycles. The lowest BCUT2D eigenvalue weighted by molar-refractivity contribution is -0.134. The van der Waals surface area contributed by atoms with Crippen molar-refractivity contribution in [2.45, 2.75) is 39.7 Å². The van der Waals surface area contributed by atoms with E-state index in [1.54, 1.807) is 11.8 Å². The summed E-state index contributed by atoms with van der Waals surface area (Å²) in [5.41, 5.74) is 0. The van der Waals surface area contributed by atoms with Crippen LogP contribution in [-0.2, 0) is 19.4 Å². The smallest absolute Gasteiger partial charge is 0.245 e. The van der Waals surface area contributed by atoms with Gasteiger partial charge in [-0.2, -0.15) is 0 Å². The Kier molecular flexibility index (Phi) is 5.98. The Morgan fingerprint density at radius 1 is 1.35 bits per heavy atom. The minimum Gasteiger partial charge on any atom is -0.344 e. The molecule has 0 aromatic heterocycles. The van der Waals surface area contributed by atoms with Crippen LogP contribution in [0.15, 0.2) is 0 Å². The zero-order valence-electron chi connectivity index (χ0n) is 12.4. The fraction of sp³-hybridized carbons (Fsp3) is 0.846. The molecule has 1 aliphatic heterocycles. The molecule has 7 heteroatoms. The minimum atomic E-state index is -3.01. The predicted octanol–water partition coefficient (Wildman–Crippen LogP) is 0.184. The van der Waals surface area contributed by atoms with Gasteiger partial charge in [-0.1, -0.05) is 20.8 Å². The van der Waals surface area contributed by atoms with Gasteiger partial charge in [0.15, 0.2) is 0 Å². The fourth-order valence-electron chi connectivity index (χ4n) is 2.14. The molecule has 1 aliphatic rings. The maximum absolute atomic E-state index is 12.3. The van der Waals surface area contributed by atoms with Crippen LogP contribution < -0.4 is 5.32 Å². The molecule has 6 nitrogen and oxygen atoms in total. The third-order valence-electron chi connectivity index (χ3n) is 3.49. The molecule has 1 atom stereocenters. The minimum absolute atomic E-state index is 0.0198. The summed E-state index contributed by atoms with van der Waals surface area (Å²) in [6, 6.07) is -0.507. The van der Waals surface area contributed by atoms with Gasteiger partial charge in [-0.3, -0.25) is 9.59 Å². The second-order valence-electron chi connectivity index (χ2n) is 5.45. The first-order valence-electron chi connectivity index (χ1n) is 7.05. The third-order valence-corrected chi connectivity index (χ3v) is 5.28. The van der Waals surface area contributed by atoms with Crippen LogP contribution in [0.1, 0.15) is 33.6 Å². The first-order valence-corrected chi connectivity index (χ1v) is 8.87. The van der Waals surface area contributed by atoms with Gasteiger partial charge in [-0.15, -0.1) is 0 Å². The van der Waals surface area contributed by atoms with Crippen LogP contribution in [0.25, 0.3) is 0 Å². The van der Waals surface area contributed by atoms with Gasteiger partial charge in [-0.05, 0) is 12.3 Å². The molecule has 0 bridgehead atoms. The molecule has 0 aromatic rings. The Labute approximate surface area is 120 Å². The summed E-state index contributed by atoms with van der Waals surface area (Å²) in [5, 5.41) is 2.73. The summed E-state index contributed by atoms with van der Waals surface area (Å²) in [4.78, 5) is 25.5. The molecule has 1 heterocycles. The van der Waals surface area contributed by atoms with Crippen molar-refractivity contribution in [3.63, 3.8) is 0 Å². The quantitative estimate of drug-likeness (QED) is 0.759. The molecule has 1 unspecified atom stereocenters. The Morgan fingerprint density at radius 3 is 2.55 bits per heavy atom. The molecular weight excluding hydrogens is 280 g/mol. The third kappa shape index (κ3) is 4.77. The van der Waals surface area contributed by atoms with Crippen LogP contribution in [0, 0.1) is 5.92 Å². The van der Waals surface area contributed by atoms with Crippen molar-refractivity contribution >= 4 is 21.7 Å². The van der Waals surface area contributed by atoms with Gasteiger partial charge in [-0.25, -0.2) is 8.42 Å². The predicted molar refractivity (Wildman–Crippen MR) is 76.9 cm³/mol. The van der Waals surface area contributed by atoms with E-state index in [9.17, 15) is 18.0 Å². The van der Waals surface area contributed by atoms with E-state index in [1.807, 2.05) is 13.8 Å². The van der Waals surface area contributed by atoms with E-state index in [1.165, 1.54) is 0 Å². The number of rotatable bonds is 6. The van der Waals surface area contributed by atoms with Crippen LogP contribution in [-0.4, -0.2) is 55.8 Å². The summed E-state index contributed by atoms with van der Waals surface area (Å²) < 4.78 is 22.9. The molecule has 0 saturated carbocycles. The number of carbonyl (C=O) groups excluding carboxylic acids is 2. The van der Waals surface area contributed by atoms with Gasteiger partial charge >= 0.3 is 0 Å².